The highest BCUT2D eigenvalue weighted by atomic mass is 16.4. The quantitative estimate of drug-likeness (QED) is 0.576. The van der Waals surface area contributed by atoms with Crippen molar-refractivity contribution in [1.29, 1.82) is 0 Å². The lowest BCUT2D eigenvalue weighted by Gasteiger charge is -2.09. The Hall–Kier alpha value is -2.24. The molecule has 0 saturated carbocycles. The predicted molar refractivity (Wildman–Crippen MR) is 60.5 cm³/mol. The maximum atomic E-state index is 11.2. The lowest BCUT2D eigenvalue weighted by Crippen LogP contribution is -2.29. The maximum Gasteiger partial charge on any atom is 0.337 e. The molecule has 1 aromatic rings. The summed E-state index contributed by atoms with van der Waals surface area (Å²) in [4.78, 5) is 22.1. The molecule has 0 atom stereocenters. The third-order valence-corrected chi connectivity index (χ3v) is 1.86. The summed E-state index contributed by atoms with van der Waals surface area (Å²) in [6.45, 7) is 2.23. The second-order valence-corrected chi connectivity index (χ2v) is 3.09. The summed E-state index contributed by atoms with van der Waals surface area (Å²) in [5, 5.41) is 13.8. The Labute approximate surface area is 92.4 Å². The van der Waals surface area contributed by atoms with Crippen molar-refractivity contribution in [3.05, 3.63) is 23.8 Å². The molecule has 86 valence electrons. The van der Waals surface area contributed by atoms with Crippen LogP contribution in [0, 0.1) is 0 Å². The van der Waals surface area contributed by atoms with Gasteiger partial charge >= 0.3 is 12.0 Å². The van der Waals surface area contributed by atoms with Crippen LogP contribution >= 0.6 is 0 Å². The smallest absolute Gasteiger partial charge is 0.337 e. The molecule has 0 unspecified atom stereocenters. The van der Waals surface area contributed by atoms with Gasteiger partial charge in [-0.15, -0.1) is 0 Å². The van der Waals surface area contributed by atoms with E-state index in [2.05, 4.69) is 10.6 Å². The molecule has 6 nitrogen and oxygen atoms in total. The van der Waals surface area contributed by atoms with Gasteiger partial charge in [0.05, 0.1) is 11.3 Å². The van der Waals surface area contributed by atoms with E-state index in [1.165, 1.54) is 18.2 Å². The van der Waals surface area contributed by atoms with Crippen molar-refractivity contribution in [2.75, 3.05) is 17.6 Å². The number of carboxylic acid groups (broad SMARTS) is 1. The maximum absolute atomic E-state index is 11.2. The summed E-state index contributed by atoms with van der Waals surface area (Å²) in [5.41, 5.74) is 5.97. The van der Waals surface area contributed by atoms with Gasteiger partial charge in [-0.2, -0.15) is 0 Å². The van der Waals surface area contributed by atoms with Gasteiger partial charge in [-0.05, 0) is 25.1 Å². The minimum atomic E-state index is -1.14. The fourth-order valence-corrected chi connectivity index (χ4v) is 1.17. The van der Waals surface area contributed by atoms with Gasteiger partial charge in [-0.25, -0.2) is 9.59 Å². The molecule has 0 aliphatic rings. The molecular weight excluding hydrogens is 210 g/mol. The number of aromatic carboxylic acids is 1. The summed E-state index contributed by atoms with van der Waals surface area (Å²) in [6, 6.07) is 3.82. The van der Waals surface area contributed by atoms with E-state index < -0.39 is 12.0 Å². The molecule has 0 saturated heterocycles. The van der Waals surface area contributed by atoms with Crippen LogP contribution in [-0.4, -0.2) is 23.7 Å². The van der Waals surface area contributed by atoms with Crippen LogP contribution in [0.1, 0.15) is 17.3 Å². The minimum Gasteiger partial charge on any atom is -0.478 e. The van der Waals surface area contributed by atoms with Crippen LogP contribution in [0.15, 0.2) is 18.2 Å². The van der Waals surface area contributed by atoms with Crippen LogP contribution in [0.5, 0.6) is 0 Å². The SMILES string of the molecule is CCNC(=O)Nc1ccc(N)cc1C(=O)O. The largest absolute Gasteiger partial charge is 0.478 e. The highest BCUT2D eigenvalue weighted by molar-refractivity contribution is 6.00. The molecule has 0 heterocycles. The summed E-state index contributed by atoms with van der Waals surface area (Å²) in [5.74, 6) is -1.14. The molecule has 1 rings (SSSR count). The Morgan fingerprint density at radius 1 is 1.44 bits per heavy atom. The Bertz CT molecular complexity index is 418. The molecule has 0 aliphatic carbocycles. The molecule has 16 heavy (non-hydrogen) atoms. The van der Waals surface area contributed by atoms with Crippen molar-refractivity contribution >= 4 is 23.4 Å². The first-order valence-corrected chi connectivity index (χ1v) is 4.72. The van der Waals surface area contributed by atoms with E-state index in [0.717, 1.165) is 0 Å². The number of rotatable bonds is 3. The second-order valence-electron chi connectivity index (χ2n) is 3.09. The summed E-state index contributed by atoms with van der Waals surface area (Å²) in [6.07, 6.45) is 0. The van der Waals surface area contributed by atoms with E-state index in [1.54, 1.807) is 6.92 Å². The van der Waals surface area contributed by atoms with Gasteiger partial charge in [0.15, 0.2) is 0 Å². The highest BCUT2D eigenvalue weighted by Gasteiger charge is 2.12. The molecule has 6 heteroatoms. The number of carbonyl (C=O) groups excluding carboxylic acids is 1. The predicted octanol–water partition coefficient (Wildman–Crippen LogP) is 1.11. The number of carboxylic acids is 1. The summed E-state index contributed by atoms with van der Waals surface area (Å²) in [7, 11) is 0. The Balaban J connectivity index is 2.95. The molecular formula is C10H13N3O3. The van der Waals surface area contributed by atoms with Crippen LogP contribution in [-0.2, 0) is 0 Å². The summed E-state index contributed by atoms with van der Waals surface area (Å²) >= 11 is 0. The first-order valence-electron chi connectivity index (χ1n) is 4.72. The van der Waals surface area contributed by atoms with Crippen LogP contribution in [0.2, 0.25) is 0 Å². The van der Waals surface area contributed by atoms with E-state index in [9.17, 15) is 9.59 Å². The molecule has 1 aromatic carbocycles. The Morgan fingerprint density at radius 2 is 2.12 bits per heavy atom. The van der Waals surface area contributed by atoms with Gasteiger partial charge in [0.25, 0.3) is 0 Å². The van der Waals surface area contributed by atoms with Crippen LogP contribution in [0.3, 0.4) is 0 Å². The van der Waals surface area contributed by atoms with Gasteiger partial charge < -0.3 is 21.5 Å². The van der Waals surface area contributed by atoms with Crippen LogP contribution in [0.25, 0.3) is 0 Å². The van der Waals surface area contributed by atoms with Gasteiger partial charge in [0.1, 0.15) is 0 Å². The van der Waals surface area contributed by atoms with E-state index in [-0.39, 0.29) is 11.3 Å². The molecule has 5 N–H and O–H groups in total. The zero-order chi connectivity index (χ0) is 12.1. The molecule has 0 radical (unpaired) electrons. The van der Waals surface area contributed by atoms with Crippen molar-refractivity contribution in [3.8, 4) is 0 Å². The van der Waals surface area contributed by atoms with E-state index in [1.807, 2.05) is 0 Å². The van der Waals surface area contributed by atoms with Crippen LogP contribution in [0.4, 0.5) is 16.2 Å². The number of carbonyl (C=O) groups is 2. The fraction of sp³-hybridized carbons (Fsp3) is 0.200. The van der Waals surface area contributed by atoms with E-state index in [0.29, 0.717) is 12.2 Å². The number of nitrogens with two attached hydrogens (primary N) is 1. The number of benzene rings is 1. The first kappa shape index (κ1) is 11.8. The van der Waals surface area contributed by atoms with E-state index >= 15 is 0 Å². The van der Waals surface area contributed by atoms with Crippen molar-refractivity contribution in [1.82, 2.24) is 5.32 Å². The van der Waals surface area contributed by atoms with E-state index in [4.69, 9.17) is 10.8 Å². The molecule has 2 amide bonds. The number of hydrogen-bond donors (Lipinski definition) is 4. The Morgan fingerprint density at radius 3 is 2.69 bits per heavy atom. The number of urea groups is 1. The first-order chi connectivity index (χ1) is 7.54. The molecule has 0 aromatic heterocycles. The molecule has 0 fully saturated rings. The number of hydrogen-bond acceptors (Lipinski definition) is 3. The standard InChI is InChI=1S/C10H13N3O3/c1-2-12-10(16)13-8-4-3-6(11)5-7(8)9(14)15/h3-5H,2,11H2,1H3,(H,14,15)(H2,12,13,16). The average Bonchev–Trinajstić information content (AvgIpc) is 2.20. The third kappa shape index (κ3) is 2.88. The van der Waals surface area contributed by atoms with Gasteiger partial charge in [0.2, 0.25) is 0 Å². The van der Waals surface area contributed by atoms with Gasteiger partial charge in [0, 0.05) is 12.2 Å². The highest BCUT2D eigenvalue weighted by Crippen LogP contribution is 2.18. The average molecular weight is 223 g/mol. The number of nitrogen functional groups attached to an aromatic ring is 1. The fourth-order valence-electron chi connectivity index (χ4n) is 1.17. The minimum absolute atomic E-state index is 0.0359. The normalized spacial score (nSPS) is 9.56. The monoisotopic (exact) mass is 223 g/mol. The Kier molecular flexibility index (Phi) is 3.71. The zero-order valence-electron chi connectivity index (χ0n) is 8.78. The second kappa shape index (κ2) is 5.01. The molecule has 0 bridgehead atoms. The lowest BCUT2D eigenvalue weighted by atomic mass is 10.1. The van der Waals surface area contributed by atoms with Gasteiger partial charge in [-0.3, -0.25) is 0 Å². The summed E-state index contributed by atoms with van der Waals surface area (Å²) < 4.78 is 0. The van der Waals surface area contributed by atoms with Crippen molar-refractivity contribution in [2.24, 2.45) is 0 Å². The zero-order valence-corrected chi connectivity index (χ0v) is 8.78. The number of amides is 2. The van der Waals surface area contributed by atoms with Crippen molar-refractivity contribution in [2.45, 2.75) is 6.92 Å². The molecule has 0 spiro atoms. The topological polar surface area (TPSA) is 104 Å². The van der Waals surface area contributed by atoms with Crippen LogP contribution < -0.4 is 16.4 Å². The van der Waals surface area contributed by atoms with Gasteiger partial charge in [-0.1, -0.05) is 0 Å². The van der Waals surface area contributed by atoms with Crippen molar-refractivity contribution in [3.63, 3.8) is 0 Å². The lowest BCUT2D eigenvalue weighted by molar-refractivity contribution is 0.0698. The third-order valence-electron chi connectivity index (χ3n) is 1.86. The van der Waals surface area contributed by atoms with Crippen molar-refractivity contribution < 1.29 is 14.7 Å². The molecule has 0 aliphatic heterocycles. The number of anilines is 2. The number of nitrogens with one attached hydrogen (secondary N) is 2.